The SMILES string of the molecule is CC(=O)NC(Cc1ccc(CP(=O)(O)O)cc1)C(=O)NC1(C(=O)NC(CC(N)=O)C(=O)NCCCc2cccc3ccccc23)CCCCC1. The normalized spacial score (nSPS) is 15.3. The zero-order chi connectivity index (χ0) is 36.3. The summed E-state index contributed by atoms with van der Waals surface area (Å²) in [7, 11) is -4.26. The molecule has 0 radical (unpaired) electrons. The van der Waals surface area contributed by atoms with E-state index < -0.39 is 67.3 Å². The van der Waals surface area contributed by atoms with Crippen LogP contribution in [0.3, 0.4) is 0 Å². The Morgan fingerprint density at radius 1 is 0.840 bits per heavy atom. The van der Waals surface area contributed by atoms with Gasteiger partial charge < -0.3 is 36.8 Å². The lowest BCUT2D eigenvalue weighted by molar-refractivity contribution is -0.139. The van der Waals surface area contributed by atoms with Crippen LogP contribution in [0.25, 0.3) is 10.8 Å². The number of nitrogens with one attached hydrogen (secondary N) is 4. The lowest BCUT2D eigenvalue weighted by Gasteiger charge is -2.38. The fourth-order valence-corrected chi connectivity index (χ4v) is 7.11. The van der Waals surface area contributed by atoms with E-state index >= 15 is 0 Å². The molecule has 1 fully saturated rings. The fourth-order valence-electron chi connectivity index (χ4n) is 6.43. The maximum Gasteiger partial charge on any atom is 0.329 e. The van der Waals surface area contributed by atoms with Gasteiger partial charge >= 0.3 is 7.60 Å². The second-order valence-electron chi connectivity index (χ2n) is 13.0. The number of amides is 5. The summed E-state index contributed by atoms with van der Waals surface area (Å²) in [5, 5.41) is 13.3. The van der Waals surface area contributed by atoms with Crippen LogP contribution < -0.4 is 27.0 Å². The van der Waals surface area contributed by atoms with E-state index in [0.29, 0.717) is 43.4 Å². The highest BCUT2D eigenvalue weighted by Crippen LogP contribution is 2.39. The molecule has 0 bridgehead atoms. The molecule has 4 rings (SSSR count). The summed E-state index contributed by atoms with van der Waals surface area (Å²) in [4.78, 5) is 83.5. The number of fused-ring (bicyclic) bond motifs is 1. The predicted molar refractivity (Wildman–Crippen MR) is 188 cm³/mol. The Kier molecular flexibility index (Phi) is 13.3. The highest BCUT2D eigenvalue weighted by molar-refractivity contribution is 7.50. The van der Waals surface area contributed by atoms with Crippen molar-refractivity contribution < 1.29 is 38.3 Å². The molecule has 2 unspecified atom stereocenters. The van der Waals surface area contributed by atoms with Crippen LogP contribution in [0.4, 0.5) is 0 Å². The first kappa shape index (κ1) is 38.2. The van der Waals surface area contributed by atoms with E-state index in [2.05, 4.69) is 27.3 Å². The van der Waals surface area contributed by atoms with Gasteiger partial charge in [-0.15, -0.1) is 0 Å². The van der Waals surface area contributed by atoms with Crippen molar-refractivity contribution in [2.75, 3.05) is 6.54 Å². The standard InChI is InChI=1S/C36H46N5O8P/c1-24(42)39-30(21-25-14-16-26(17-15-25)23-50(47,48)49)34(45)41-36(18-5-2-6-19-36)35(46)40-31(22-32(37)43)33(44)38-20-8-12-28-11-7-10-27-9-3-4-13-29(27)28/h3-4,7,9-11,13-17,30-31H,2,5-6,8,12,18-23H2,1H3,(H2,37,43)(H,38,44)(H,39,42)(H,40,46)(H,41,45)(H2,47,48,49). The van der Waals surface area contributed by atoms with Crippen molar-refractivity contribution in [2.45, 2.75) is 88.5 Å². The van der Waals surface area contributed by atoms with E-state index in [-0.39, 0.29) is 19.3 Å². The first-order chi connectivity index (χ1) is 23.7. The topological polar surface area (TPSA) is 217 Å². The zero-order valence-electron chi connectivity index (χ0n) is 28.2. The number of aryl methyl sites for hydroxylation is 1. The van der Waals surface area contributed by atoms with E-state index in [1.54, 1.807) is 24.3 Å². The maximum absolute atomic E-state index is 13.9. The number of benzene rings is 3. The summed E-state index contributed by atoms with van der Waals surface area (Å²) in [6.45, 7) is 1.56. The van der Waals surface area contributed by atoms with Gasteiger partial charge in [0.2, 0.25) is 29.5 Å². The molecule has 13 nitrogen and oxygen atoms in total. The van der Waals surface area contributed by atoms with Crippen molar-refractivity contribution >= 4 is 47.9 Å². The van der Waals surface area contributed by atoms with Gasteiger partial charge in [-0.05, 0) is 53.1 Å². The minimum Gasteiger partial charge on any atom is -0.370 e. The minimum atomic E-state index is -4.26. The van der Waals surface area contributed by atoms with E-state index in [9.17, 15) is 38.3 Å². The van der Waals surface area contributed by atoms with Gasteiger partial charge in [0.25, 0.3) is 0 Å². The van der Waals surface area contributed by atoms with Gasteiger partial charge in [-0.25, -0.2) is 0 Å². The van der Waals surface area contributed by atoms with Gasteiger partial charge in [-0.2, -0.15) is 0 Å². The molecular weight excluding hydrogens is 661 g/mol. The smallest absolute Gasteiger partial charge is 0.329 e. The highest BCUT2D eigenvalue weighted by Gasteiger charge is 2.43. The largest absolute Gasteiger partial charge is 0.370 e. The van der Waals surface area contributed by atoms with Crippen LogP contribution in [0.5, 0.6) is 0 Å². The highest BCUT2D eigenvalue weighted by atomic mass is 31.2. The molecule has 0 aromatic heterocycles. The molecule has 1 aliphatic rings. The van der Waals surface area contributed by atoms with Crippen molar-refractivity contribution in [3.63, 3.8) is 0 Å². The Hall–Kier alpha value is -4.58. The summed E-state index contributed by atoms with van der Waals surface area (Å²) >= 11 is 0. The third-order valence-corrected chi connectivity index (χ3v) is 9.66. The van der Waals surface area contributed by atoms with Crippen molar-refractivity contribution in [3.8, 4) is 0 Å². The quantitative estimate of drug-likeness (QED) is 0.0865. The number of primary amides is 1. The van der Waals surface area contributed by atoms with Gasteiger partial charge in [-0.1, -0.05) is 86.0 Å². The third-order valence-electron chi connectivity index (χ3n) is 8.88. The van der Waals surface area contributed by atoms with Crippen LogP contribution in [0, 0.1) is 0 Å². The molecule has 0 heterocycles. The second kappa shape index (κ2) is 17.4. The third kappa shape index (κ3) is 11.2. The zero-order valence-corrected chi connectivity index (χ0v) is 29.0. The number of carbonyl (C=O) groups excluding carboxylic acids is 5. The Balaban J connectivity index is 1.42. The fraction of sp³-hybridized carbons (Fsp3) is 0.417. The predicted octanol–water partition coefficient (Wildman–Crippen LogP) is 2.49. The molecule has 50 heavy (non-hydrogen) atoms. The maximum atomic E-state index is 13.9. The van der Waals surface area contributed by atoms with Crippen LogP contribution in [0.1, 0.15) is 68.6 Å². The summed E-state index contributed by atoms with van der Waals surface area (Å²) in [5.41, 5.74) is 6.24. The summed E-state index contributed by atoms with van der Waals surface area (Å²) in [5.74, 6) is -3.04. The monoisotopic (exact) mass is 707 g/mol. The lowest BCUT2D eigenvalue weighted by atomic mass is 9.80. The minimum absolute atomic E-state index is 0.0464. The van der Waals surface area contributed by atoms with Crippen LogP contribution in [-0.2, 0) is 47.5 Å². The molecule has 3 aromatic carbocycles. The van der Waals surface area contributed by atoms with Gasteiger partial charge in [0.05, 0.1) is 12.6 Å². The Morgan fingerprint density at radius 2 is 1.50 bits per heavy atom. The number of hydrogen-bond acceptors (Lipinski definition) is 6. The van der Waals surface area contributed by atoms with Crippen LogP contribution >= 0.6 is 7.60 Å². The Morgan fingerprint density at radius 3 is 2.16 bits per heavy atom. The van der Waals surface area contributed by atoms with Crippen LogP contribution in [0.15, 0.2) is 66.7 Å². The number of nitrogens with two attached hydrogens (primary N) is 1. The Bertz CT molecular complexity index is 1730. The van der Waals surface area contributed by atoms with Gasteiger partial charge in [0, 0.05) is 19.9 Å². The van der Waals surface area contributed by atoms with Crippen LogP contribution in [-0.4, -0.2) is 63.5 Å². The van der Waals surface area contributed by atoms with E-state index in [1.807, 2.05) is 36.4 Å². The van der Waals surface area contributed by atoms with Crippen molar-refractivity contribution in [3.05, 3.63) is 83.4 Å². The number of carbonyl (C=O) groups is 5. The molecule has 1 aliphatic carbocycles. The van der Waals surface area contributed by atoms with Crippen molar-refractivity contribution in [1.82, 2.24) is 21.3 Å². The molecule has 5 amide bonds. The first-order valence-corrected chi connectivity index (χ1v) is 18.6. The lowest BCUT2D eigenvalue weighted by Crippen LogP contribution is -2.65. The van der Waals surface area contributed by atoms with Gasteiger partial charge in [0.15, 0.2) is 0 Å². The molecule has 1 saturated carbocycles. The average Bonchev–Trinajstić information content (AvgIpc) is 3.06. The molecule has 0 aliphatic heterocycles. The average molecular weight is 708 g/mol. The first-order valence-electron chi connectivity index (χ1n) is 16.8. The molecule has 0 spiro atoms. The molecule has 3 aromatic rings. The van der Waals surface area contributed by atoms with Gasteiger partial charge in [-0.3, -0.25) is 28.5 Å². The van der Waals surface area contributed by atoms with Crippen molar-refractivity contribution in [2.24, 2.45) is 5.73 Å². The van der Waals surface area contributed by atoms with Gasteiger partial charge in [0.1, 0.15) is 17.6 Å². The molecule has 14 heteroatoms. The summed E-state index contributed by atoms with van der Waals surface area (Å²) in [6.07, 6.45) is 3.16. The van der Waals surface area contributed by atoms with Crippen molar-refractivity contribution in [1.29, 1.82) is 0 Å². The number of hydrogen-bond donors (Lipinski definition) is 7. The second-order valence-corrected chi connectivity index (χ2v) is 14.6. The molecule has 2 atom stereocenters. The van der Waals surface area contributed by atoms with E-state index in [0.717, 1.165) is 22.8 Å². The molecule has 0 saturated heterocycles. The van der Waals surface area contributed by atoms with Crippen LogP contribution in [0.2, 0.25) is 0 Å². The summed E-state index contributed by atoms with van der Waals surface area (Å²) < 4.78 is 11.4. The molecular formula is C36H46N5O8P. The number of rotatable bonds is 16. The van der Waals surface area contributed by atoms with E-state index in [1.165, 1.54) is 6.92 Å². The Labute approximate surface area is 291 Å². The molecule has 8 N–H and O–H groups in total. The van der Waals surface area contributed by atoms with E-state index in [4.69, 9.17) is 5.73 Å². The summed E-state index contributed by atoms with van der Waals surface area (Å²) in [6, 6.07) is 18.1. The molecule has 268 valence electrons.